The number of hydrogen-bond donors (Lipinski definition) is 2. The molecule has 0 aromatic heterocycles. The van der Waals surface area contributed by atoms with Gasteiger partial charge < -0.3 is 10.6 Å². The van der Waals surface area contributed by atoms with Gasteiger partial charge in [-0.3, -0.25) is 4.79 Å². The normalized spacial score (nSPS) is 17.7. The number of carbonyl (C=O) groups excluding carboxylic acids is 1. The molecule has 3 rings (SSSR count). The van der Waals surface area contributed by atoms with Gasteiger partial charge in [-0.15, -0.1) is 0 Å². The van der Waals surface area contributed by atoms with Crippen LogP contribution in [0.3, 0.4) is 0 Å². The Morgan fingerprint density at radius 2 is 1.45 bits per heavy atom. The summed E-state index contributed by atoms with van der Waals surface area (Å²) in [6, 6.07) is 19.7. The van der Waals surface area contributed by atoms with Crippen LogP contribution in [-0.4, -0.2) is 11.8 Å². The van der Waals surface area contributed by atoms with Gasteiger partial charge in [0, 0.05) is 17.8 Å². The van der Waals surface area contributed by atoms with Crippen molar-refractivity contribution in [1.82, 2.24) is 0 Å². The predicted octanol–water partition coefficient (Wildman–Crippen LogP) is 3.44. The molecule has 3 nitrogen and oxygen atoms in total. The zero-order valence-corrected chi connectivity index (χ0v) is 11.0. The first-order valence-corrected chi connectivity index (χ1v) is 6.70. The number of para-hydroxylation sites is 2. The van der Waals surface area contributed by atoms with Crippen LogP contribution in [0.5, 0.6) is 0 Å². The highest BCUT2D eigenvalue weighted by Crippen LogP contribution is 2.21. The van der Waals surface area contributed by atoms with Crippen molar-refractivity contribution >= 4 is 17.2 Å². The van der Waals surface area contributed by atoms with Gasteiger partial charge in [0.1, 0.15) is 0 Å². The summed E-state index contributed by atoms with van der Waals surface area (Å²) in [5.74, 6) is 0.141. The van der Waals surface area contributed by atoms with E-state index < -0.39 is 0 Å². The second kappa shape index (κ2) is 5.61. The highest BCUT2D eigenvalue weighted by molar-refractivity contribution is 6.01. The van der Waals surface area contributed by atoms with Gasteiger partial charge in [0.25, 0.3) is 0 Å². The third-order valence-corrected chi connectivity index (χ3v) is 3.25. The van der Waals surface area contributed by atoms with Crippen LogP contribution in [0, 0.1) is 0 Å². The van der Waals surface area contributed by atoms with Crippen LogP contribution in [0.15, 0.2) is 72.4 Å². The van der Waals surface area contributed by atoms with Crippen molar-refractivity contribution in [2.45, 2.75) is 12.5 Å². The van der Waals surface area contributed by atoms with Crippen molar-refractivity contribution in [3.05, 3.63) is 72.4 Å². The predicted molar refractivity (Wildman–Crippen MR) is 81.6 cm³/mol. The molecule has 0 radical (unpaired) electrons. The van der Waals surface area contributed by atoms with E-state index in [1.165, 1.54) is 0 Å². The summed E-state index contributed by atoms with van der Waals surface area (Å²) in [6.45, 7) is 0. The molecule has 0 spiro atoms. The van der Waals surface area contributed by atoms with Gasteiger partial charge >= 0.3 is 0 Å². The van der Waals surface area contributed by atoms with E-state index in [0.717, 1.165) is 11.4 Å². The third kappa shape index (κ3) is 2.88. The van der Waals surface area contributed by atoms with E-state index in [1.807, 2.05) is 66.7 Å². The van der Waals surface area contributed by atoms with Crippen LogP contribution in [0.2, 0.25) is 0 Å². The lowest BCUT2D eigenvalue weighted by Crippen LogP contribution is -2.15. The highest BCUT2D eigenvalue weighted by Gasteiger charge is 2.23. The van der Waals surface area contributed by atoms with Gasteiger partial charge in [-0.2, -0.15) is 0 Å². The van der Waals surface area contributed by atoms with E-state index in [9.17, 15) is 4.79 Å². The fourth-order valence-corrected chi connectivity index (χ4v) is 2.29. The zero-order valence-electron chi connectivity index (χ0n) is 11.0. The summed E-state index contributed by atoms with van der Waals surface area (Å²) >= 11 is 0. The Morgan fingerprint density at radius 3 is 2.10 bits per heavy atom. The lowest BCUT2D eigenvalue weighted by atomic mass is 10.2. The average molecular weight is 264 g/mol. The Morgan fingerprint density at radius 1 is 0.850 bits per heavy atom. The Bertz CT molecular complexity index is 620. The molecule has 3 heteroatoms. The summed E-state index contributed by atoms with van der Waals surface area (Å²) in [7, 11) is 0. The third-order valence-electron chi connectivity index (χ3n) is 3.25. The van der Waals surface area contributed by atoms with Gasteiger partial charge in [0.15, 0.2) is 5.78 Å². The Kier molecular flexibility index (Phi) is 3.50. The fourth-order valence-electron chi connectivity index (χ4n) is 2.29. The number of Topliss-reactive ketones (excluding diaryl/α,β-unsaturated/α-hetero) is 1. The number of ketones is 1. The Hall–Kier alpha value is -2.55. The van der Waals surface area contributed by atoms with E-state index in [4.69, 9.17) is 0 Å². The van der Waals surface area contributed by atoms with E-state index in [1.54, 1.807) is 0 Å². The molecule has 0 unspecified atom stereocenters. The quantitative estimate of drug-likeness (QED) is 0.888. The molecule has 0 amide bonds. The van der Waals surface area contributed by atoms with Crippen molar-refractivity contribution in [2.24, 2.45) is 0 Å². The molecule has 100 valence electrons. The number of allylic oxidation sites excluding steroid dienone is 1. The standard InChI is InChI=1S/C17H16N2O/c20-17-12-15(18-13-7-3-1-4-8-13)11-16(17)19-14-9-5-2-6-10-14/h1-11,15,18-19H,12H2/t15-/m1/s1. The number of anilines is 2. The van der Waals surface area contributed by atoms with Crippen LogP contribution in [-0.2, 0) is 4.79 Å². The van der Waals surface area contributed by atoms with E-state index in [0.29, 0.717) is 12.1 Å². The first kappa shape index (κ1) is 12.5. The maximum Gasteiger partial charge on any atom is 0.181 e. The minimum Gasteiger partial charge on any atom is -0.378 e. The SMILES string of the molecule is O=C1C[C@H](Nc2ccccc2)C=C1Nc1ccccc1. The van der Waals surface area contributed by atoms with E-state index >= 15 is 0 Å². The second-order valence-corrected chi connectivity index (χ2v) is 4.82. The molecule has 2 aromatic rings. The molecular formula is C17H16N2O. The summed E-state index contributed by atoms with van der Waals surface area (Å²) in [4.78, 5) is 12.0. The molecule has 0 fully saturated rings. The van der Waals surface area contributed by atoms with E-state index in [-0.39, 0.29) is 11.8 Å². The number of nitrogens with one attached hydrogen (secondary N) is 2. The number of hydrogen-bond acceptors (Lipinski definition) is 3. The van der Waals surface area contributed by atoms with Crippen molar-refractivity contribution in [3.63, 3.8) is 0 Å². The van der Waals surface area contributed by atoms with Crippen LogP contribution < -0.4 is 10.6 Å². The Balaban J connectivity index is 1.69. The van der Waals surface area contributed by atoms with E-state index in [2.05, 4.69) is 10.6 Å². The van der Waals surface area contributed by atoms with Crippen molar-refractivity contribution < 1.29 is 4.79 Å². The fraction of sp³-hybridized carbons (Fsp3) is 0.118. The number of carbonyl (C=O) groups is 1. The molecule has 0 aliphatic heterocycles. The summed E-state index contributed by atoms with van der Waals surface area (Å²) < 4.78 is 0. The molecule has 0 heterocycles. The highest BCUT2D eigenvalue weighted by atomic mass is 16.1. The minimum atomic E-state index is 0.0520. The van der Waals surface area contributed by atoms with Gasteiger partial charge in [-0.1, -0.05) is 36.4 Å². The summed E-state index contributed by atoms with van der Waals surface area (Å²) in [6.07, 6.45) is 2.45. The molecule has 2 N–H and O–H groups in total. The minimum absolute atomic E-state index is 0.0520. The molecule has 1 aliphatic carbocycles. The first-order valence-electron chi connectivity index (χ1n) is 6.70. The average Bonchev–Trinajstić information content (AvgIpc) is 2.81. The van der Waals surface area contributed by atoms with Gasteiger partial charge in [0.05, 0.1) is 11.7 Å². The number of rotatable bonds is 4. The topological polar surface area (TPSA) is 41.1 Å². The van der Waals surface area contributed by atoms with Crippen LogP contribution >= 0.6 is 0 Å². The number of benzene rings is 2. The maximum atomic E-state index is 12.0. The summed E-state index contributed by atoms with van der Waals surface area (Å²) in [5, 5.41) is 6.53. The molecule has 20 heavy (non-hydrogen) atoms. The zero-order chi connectivity index (χ0) is 13.8. The molecule has 0 bridgehead atoms. The van der Waals surface area contributed by atoms with Crippen molar-refractivity contribution in [3.8, 4) is 0 Å². The molecule has 1 aliphatic rings. The summed E-state index contributed by atoms with van der Waals surface area (Å²) in [5.41, 5.74) is 2.64. The van der Waals surface area contributed by atoms with Crippen LogP contribution in [0.4, 0.5) is 11.4 Å². The lowest BCUT2D eigenvalue weighted by Gasteiger charge is -2.10. The lowest BCUT2D eigenvalue weighted by molar-refractivity contribution is -0.114. The Labute approximate surface area is 118 Å². The maximum absolute atomic E-state index is 12.0. The molecule has 2 aromatic carbocycles. The first-order chi connectivity index (χ1) is 9.81. The van der Waals surface area contributed by atoms with Gasteiger partial charge in [-0.05, 0) is 30.3 Å². The van der Waals surface area contributed by atoms with Crippen LogP contribution in [0.25, 0.3) is 0 Å². The molecule has 0 saturated carbocycles. The van der Waals surface area contributed by atoms with Crippen molar-refractivity contribution in [1.29, 1.82) is 0 Å². The molecular weight excluding hydrogens is 248 g/mol. The second-order valence-electron chi connectivity index (χ2n) is 4.82. The van der Waals surface area contributed by atoms with Crippen molar-refractivity contribution in [2.75, 3.05) is 10.6 Å². The monoisotopic (exact) mass is 264 g/mol. The smallest absolute Gasteiger partial charge is 0.181 e. The van der Waals surface area contributed by atoms with Gasteiger partial charge in [0.2, 0.25) is 0 Å². The van der Waals surface area contributed by atoms with Gasteiger partial charge in [-0.25, -0.2) is 0 Å². The molecule has 1 atom stereocenters. The largest absolute Gasteiger partial charge is 0.378 e. The molecule has 0 saturated heterocycles. The van der Waals surface area contributed by atoms with Crippen LogP contribution in [0.1, 0.15) is 6.42 Å².